The first-order valence-corrected chi connectivity index (χ1v) is 3.48. The van der Waals surface area contributed by atoms with E-state index in [0.717, 1.165) is 14.2 Å². The molecule has 2 nitrogen and oxygen atoms in total. The summed E-state index contributed by atoms with van der Waals surface area (Å²) in [6.07, 6.45) is 0. The van der Waals surface area contributed by atoms with E-state index in [1.807, 2.05) is 0 Å². The minimum atomic E-state index is -1.83. The van der Waals surface area contributed by atoms with E-state index in [9.17, 15) is 17.6 Å². The molecule has 0 saturated carbocycles. The van der Waals surface area contributed by atoms with Crippen LogP contribution in [0.1, 0.15) is 0 Å². The maximum absolute atomic E-state index is 13.1. The lowest BCUT2D eigenvalue weighted by Gasteiger charge is -2.09. The van der Waals surface area contributed by atoms with E-state index in [1.165, 1.54) is 0 Å². The second-order valence-electron chi connectivity index (χ2n) is 2.32. The number of hydrogen-bond acceptors (Lipinski definition) is 2. The molecule has 78 valence electrons. The highest BCUT2D eigenvalue weighted by Crippen LogP contribution is 2.34. The van der Waals surface area contributed by atoms with Crippen LogP contribution in [0.3, 0.4) is 0 Å². The van der Waals surface area contributed by atoms with Crippen LogP contribution in [-0.2, 0) is 0 Å². The van der Waals surface area contributed by atoms with E-state index < -0.39 is 34.8 Å². The molecule has 0 radical (unpaired) electrons. The number of halogens is 4. The Labute approximate surface area is 77.1 Å². The van der Waals surface area contributed by atoms with Crippen molar-refractivity contribution in [1.29, 1.82) is 0 Å². The Morgan fingerprint density at radius 1 is 0.643 bits per heavy atom. The van der Waals surface area contributed by atoms with Gasteiger partial charge in [-0.25, -0.2) is 4.39 Å². The van der Waals surface area contributed by atoms with Crippen molar-refractivity contribution >= 4 is 0 Å². The summed E-state index contributed by atoms with van der Waals surface area (Å²) in [4.78, 5) is 0. The monoisotopic (exact) mass is 210 g/mol. The van der Waals surface area contributed by atoms with Crippen LogP contribution in [0.25, 0.3) is 0 Å². The summed E-state index contributed by atoms with van der Waals surface area (Å²) in [5.74, 6) is -8.71. The lowest BCUT2D eigenvalue weighted by atomic mass is 10.2. The Morgan fingerprint density at radius 2 is 1.00 bits per heavy atom. The Bertz CT molecular complexity index is 334. The fourth-order valence-electron chi connectivity index (χ4n) is 0.950. The van der Waals surface area contributed by atoms with E-state index in [-0.39, 0.29) is 0 Å². The molecule has 1 aromatic rings. The van der Waals surface area contributed by atoms with Crippen molar-refractivity contribution in [2.24, 2.45) is 0 Å². The van der Waals surface area contributed by atoms with Crippen LogP contribution in [0.4, 0.5) is 17.6 Å². The standard InChI is InChI=1S/C8H6F4O2/c1-13-7-4(10)3(9)5(11)8(14-2)6(7)12/h1-2H3. The van der Waals surface area contributed by atoms with Crippen molar-refractivity contribution < 1.29 is 27.0 Å². The number of ether oxygens (including phenoxy) is 2. The second kappa shape index (κ2) is 3.73. The quantitative estimate of drug-likeness (QED) is 0.423. The molecule has 0 aliphatic heterocycles. The fourth-order valence-corrected chi connectivity index (χ4v) is 0.950. The van der Waals surface area contributed by atoms with Crippen molar-refractivity contribution in [3.8, 4) is 11.5 Å². The van der Waals surface area contributed by atoms with Gasteiger partial charge in [0.1, 0.15) is 0 Å². The van der Waals surface area contributed by atoms with Crippen molar-refractivity contribution in [2.45, 2.75) is 0 Å². The zero-order chi connectivity index (χ0) is 10.9. The van der Waals surface area contributed by atoms with E-state index in [0.29, 0.717) is 0 Å². The topological polar surface area (TPSA) is 18.5 Å². The minimum Gasteiger partial charge on any atom is -0.491 e. The summed E-state index contributed by atoms with van der Waals surface area (Å²) < 4.78 is 59.9. The van der Waals surface area contributed by atoms with Crippen molar-refractivity contribution in [3.05, 3.63) is 23.3 Å². The molecule has 0 aliphatic rings. The van der Waals surface area contributed by atoms with Gasteiger partial charge in [-0.2, -0.15) is 13.2 Å². The van der Waals surface area contributed by atoms with Gasteiger partial charge < -0.3 is 9.47 Å². The number of benzene rings is 1. The van der Waals surface area contributed by atoms with Gasteiger partial charge in [0.05, 0.1) is 14.2 Å². The van der Waals surface area contributed by atoms with Gasteiger partial charge in [0, 0.05) is 0 Å². The highest BCUT2D eigenvalue weighted by molar-refractivity contribution is 5.39. The molecule has 0 bridgehead atoms. The number of rotatable bonds is 2. The molecule has 0 amide bonds. The van der Waals surface area contributed by atoms with E-state index >= 15 is 0 Å². The molecule has 0 atom stereocenters. The molecule has 0 spiro atoms. The Morgan fingerprint density at radius 3 is 1.29 bits per heavy atom. The van der Waals surface area contributed by atoms with Gasteiger partial charge in [0.15, 0.2) is 11.5 Å². The first-order valence-electron chi connectivity index (χ1n) is 3.48. The molecule has 0 saturated heterocycles. The molecular weight excluding hydrogens is 204 g/mol. The van der Waals surface area contributed by atoms with Crippen LogP contribution in [0.15, 0.2) is 0 Å². The van der Waals surface area contributed by atoms with E-state index in [4.69, 9.17) is 0 Å². The lowest BCUT2D eigenvalue weighted by Crippen LogP contribution is -2.03. The Balaban J connectivity index is 3.56. The molecule has 0 heterocycles. The normalized spacial score (nSPS) is 10.1. The van der Waals surface area contributed by atoms with E-state index in [1.54, 1.807) is 0 Å². The lowest BCUT2D eigenvalue weighted by molar-refractivity contribution is 0.297. The third-order valence-corrected chi connectivity index (χ3v) is 1.59. The second-order valence-corrected chi connectivity index (χ2v) is 2.32. The first kappa shape index (κ1) is 10.6. The fraction of sp³-hybridized carbons (Fsp3) is 0.250. The van der Waals surface area contributed by atoms with Crippen LogP contribution in [0, 0.1) is 23.3 Å². The highest BCUT2D eigenvalue weighted by atomic mass is 19.2. The summed E-state index contributed by atoms with van der Waals surface area (Å²) >= 11 is 0. The van der Waals surface area contributed by atoms with Crippen molar-refractivity contribution in [1.82, 2.24) is 0 Å². The summed E-state index contributed by atoms with van der Waals surface area (Å²) in [6, 6.07) is 0. The SMILES string of the molecule is COc1c(F)c(F)c(F)c(OC)c1F. The molecule has 6 heteroatoms. The maximum atomic E-state index is 13.1. The van der Waals surface area contributed by atoms with Crippen molar-refractivity contribution in [2.75, 3.05) is 14.2 Å². The molecule has 0 unspecified atom stereocenters. The maximum Gasteiger partial charge on any atom is 0.213 e. The summed E-state index contributed by atoms with van der Waals surface area (Å²) in [5, 5.41) is 0. The van der Waals surface area contributed by atoms with Crippen LogP contribution in [0.2, 0.25) is 0 Å². The largest absolute Gasteiger partial charge is 0.491 e. The highest BCUT2D eigenvalue weighted by Gasteiger charge is 2.26. The third kappa shape index (κ3) is 1.36. The third-order valence-electron chi connectivity index (χ3n) is 1.59. The minimum absolute atomic E-state index is 0.929. The van der Waals surface area contributed by atoms with Gasteiger partial charge in [-0.05, 0) is 0 Å². The molecule has 0 fully saturated rings. The molecule has 0 aromatic heterocycles. The molecular formula is C8H6F4O2. The molecule has 14 heavy (non-hydrogen) atoms. The smallest absolute Gasteiger partial charge is 0.213 e. The molecule has 1 aromatic carbocycles. The van der Waals surface area contributed by atoms with Crippen LogP contribution in [-0.4, -0.2) is 14.2 Å². The van der Waals surface area contributed by atoms with Crippen LogP contribution < -0.4 is 9.47 Å². The Hall–Kier alpha value is -1.46. The first-order chi connectivity index (χ1) is 6.54. The predicted molar refractivity (Wildman–Crippen MR) is 39.4 cm³/mol. The van der Waals surface area contributed by atoms with Crippen LogP contribution >= 0.6 is 0 Å². The zero-order valence-electron chi connectivity index (χ0n) is 7.33. The Kier molecular flexibility index (Phi) is 2.83. The average Bonchev–Trinajstić information content (AvgIpc) is 2.16. The number of hydrogen-bond donors (Lipinski definition) is 0. The summed E-state index contributed by atoms with van der Waals surface area (Å²) in [7, 11) is 1.86. The predicted octanol–water partition coefficient (Wildman–Crippen LogP) is 2.26. The summed E-state index contributed by atoms with van der Waals surface area (Å²) in [6.45, 7) is 0. The zero-order valence-corrected chi connectivity index (χ0v) is 7.33. The average molecular weight is 210 g/mol. The van der Waals surface area contributed by atoms with Gasteiger partial charge in [0.25, 0.3) is 0 Å². The molecule has 1 rings (SSSR count). The molecule has 0 aliphatic carbocycles. The van der Waals surface area contributed by atoms with Gasteiger partial charge in [0.2, 0.25) is 23.3 Å². The van der Waals surface area contributed by atoms with Crippen molar-refractivity contribution in [3.63, 3.8) is 0 Å². The summed E-state index contributed by atoms with van der Waals surface area (Å²) in [5.41, 5.74) is 0. The van der Waals surface area contributed by atoms with Gasteiger partial charge in [-0.3, -0.25) is 0 Å². The van der Waals surface area contributed by atoms with Gasteiger partial charge in [-0.1, -0.05) is 0 Å². The number of methoxy groups -OCH3 is 2. The van der Waals surface area contributed by atoms with Gasteiger partial charge >= 0.3 is 0 Å². The van der Waals surface area contributed by atoms with Crippen LogP contribution in [0.5, 0.6) is 11.5 Å². The molecule has 0 N–H and O–H groups in total. The van der Waals surface area contributed by atoms with E-state index in [2.05, 4.69) is 9.47 Å². The van der Waals surface area contributed by atoms with Gasteiger partial charge in [-0.15, -0.1) is 0 Å².